The van der Waals surface area contributed by atoms with Crippen molar-refractivity contribution in [2.75, 3.05) is 0 Å². The van der Waals surface area contributed by atoms with E-state index in [1.807, 2.05) is 45.9 Å². The van der Waals surface area contributed by atoms with Gasteiger partial charge < -0.3 is 34.8 Å². The maximum Gasteiger partial charge on any atom is 0.312 e. The van der Waals surface area contributed by atoms with Crippen LogP contribution in [-0.2, 0) is 41.5 Å². The number of aliphatic carboxylic acids is 2. The first-order valence-corrected chi connectivity index (χ1v) is 21.4. The van der Waals surface area contributed by atoms with Crippen LogP contribution >= 0.6 is 0 Å². The van der Waals surface area contributed by atoms with Gasteiger partial charge in [0.2, 0.25) is 0 Å². The number of hydrogen-bond acceptors (Lipinski definition) is 9. The van der Waals surface area contributed by atoms with Gasteiger partial charge in [-0.2, -0.15) is 0 Å². The maximum atomic E-state index is 13.1. The Morgan fingerprint density at radius 3 is 2.15 bits per heavy atom. The zero-order chi connectivity index (χ0) is 44.9. The van der Waals surface area contributed by atoms with Gasteiger partial charge in [-0.05, 0) is 130 Å². The van der Waals surface area contributed by atoms with Crippen molar-refractivity contribution in [3.8, 4) is 0 Å². The Labute approximate surface area is 360 Å². The molecule has 1 unspecified atom stereocenters. The molecule has 3 aromatic heterocycles. The highest BCUT2D eigenvalue weighted by molar-refractivity contribution is 6.00. The quantitative estimate of drug-likeness (QED) is 0.109. The largest absolute Gasteiger partial charge is 0.481 e. The minimum absolute atomic E-state index is 0.0556. The lowest BCUT2D eigenvalue weighted by Gasteiger charge is -2.55. The molecule has 5 N–H and O–H groups in total. The van der Waals surface area contributed by atoms with Crippen LogP contribution in [0.15, 0.2) is 37.4 Å². The third-order valence-corrected chi connectivity index (χ3v) is 13.8. The van der Waals surface area contributed by atoms with Crippen LogP contribution in [0.2, 0.25) is 0 Å². The molecule has 13 heteroatoms. The van der Waals surface area contributed by atoms with E-state index >= 15 is 0 Å². The van der Waals surface area contributed by atoms with Crippen molar-refractivity contribution in [1.82, 2.24) is 19.9 Å². The number of nitrogens with zero attached hydrogens (tertiary/aromatic N) is 2. The third-order valence-electron chi connectivity index (χ3n) is 13.8. The van der Waals surface area contributed by atoms with Gasteiger partial charge in [0.15, 0.2) is 0 Å². The third kappa shape index (κ3) is 7.71. The van der Waals surface area contributed by atoms with Crippen molar-refractivity contribution in [1.29, 1.82) is 0 Å². The molecule has 1 saturated carbocycles. The van der Waals surface area contributed by atoms with Crippen molar-refractivity contribution in [3.05, 3.63) is 88.0 Å². The molecule has 0 spiro atoms. The number of nitrogens with one attached hydrogen (secondary N) is 2. The Hall–Kier alpha value is -6.08. The number of hydrogen-bond donors (Lipinski definition) is 5. The fourth-order valence-corrected chi connectivity index (χ4v) is 10.4. The number of H-pyrrole nitrogens is 2. The molecule has 1 saturated heterocycles. The van der Waals surface area contributed by atoms with E-state index < -0.39 is 53.5 Å². The van der Waals surface area contributed by atoms with Crippen LogP contribution in [0.25, 0.3) is 50.4 Å². The molecule has 1 aliphatic carbocycles. The number of aromatic nitrogens is 4. The number of aromatic amines is 2. The molecule has 2 fully saturated rings. The Balaban J connectivity index is 1.55. The summed E-state index contributed by atoms with van der Waals surface area (Å²) in [6.45, 7) is 21.2. The topological polar surface area (TPSA) is 205 Å². The van der Waals surface area contributed by atoms with Gasteiger partial charge in [-0.25, -0.2) is 9.97 Å². The minimum Gasteiger partial charge on any atom is -0.481 e. The number of carboxylic acids is 2. The van der Waals surface area contributed by atoms with Crippen LogP contribution in [-0.4, -0.2) is 71.0 Å². The van der Waals surface area contributed by atoms with E-state index in [1.54, 1.807) is 19.1 Å². The molecule has 62 heavy (non-hydrogen) atoms. The number of cyclic esters (lactones) is 1. The number of aliphatic hydroxyl groups is 1. The lowest BCUT2D eigenvalue weighted by Crippen LogP contribution is -2.66. The van der Waals surface area contributed by atoms with Gasteiger partial charge >= 0.3 is 23.9 Å². The number of esters is 2. The zero-order valence-corrected chi connectivity index (χ0v) is 36.5. The van der Waals surface area contributed by atoms with E-state index in [0.29, 0.717) is 47.6 Å². The summed E-state index contributed by atoms with van der Waals surface area (Å²) in [7, 11) is 0. The first kappa shape index (κ1) is 44.0. The molecular weight excluding hydrogens is 789 g/mol. The molecule has 13 nitrogen and oxygen atoms in total. The van der Waals surface area contributed by atoms with E-state index in [0.717, 1.165) is 73.1 Å². The van der Waals surface area contributed by atoms with Gasteiger partial charge in [-0.1, -0.05) is 39.2 Å². The average Bonchev–Trinajstić information content (AvgIpc) is 3.88. The van der Waals surface area contributed by atoms with E-state index in [1.165, 1.54) is 6.92 Å². The standard InChI is InChI=1S/C49H56N4O9/c1-10-30-24(4)37-20-38-26(6)32(14-18-43(55)56)41(51-38)22-42-33(15-19-44(57)58)27(7)45(53-42)34(46-31(11-2)25(5)39(52-46)21-40(30)50-37)13-17-35-23(3)12-16-36-28(8)47(59)62-48(49(35,36)60)61-29(9)54/h10-11,20-23,28,35-36,48,50-51,60H,1-2,12-19H2,3-9H3,(H,55,56)(H,57,58)/t23-,28-,35+,36?,48+,49-/m1/s1. The molecule has 326 valence electrons. The fraction of sp³-hybridized carbons (Fsp3) is 0.429. The number of carbonyl (C=O) groups excluding carboxylic acids is 2. The van der Waals surface area contributed by atoms with Crippen molar-refractivity contribution >= 4 is 74.3 Å². The van der Waals surface area contributed by atoms with Crippen LogP contribution in [0.3, 0.4) is 0 Å². The summed E-state index contributed by atoms with van der Waals surface area (Å²) in [4.78, 5) is 67.2. The van der Waals surface area contributed by atoms with Gasteiger partial charge in [-0.3, -0.25) is 19.2 Å². The van der Waals surface area contributed by atoms with E-state index in [4.69, 9.17) is 19.4 Å². The number of allylic oxidation sites excluding steroid dienone is 5. The summed E-state index contributed by atoms with van der Waals surface area (Å²) < 4.78 is 11.3. The van der Waals surface area contributed by atoms with Gasteiger partial charge in [0.25, 0.3) is 6.29 Å². The summed E-state index contributed by atoms with van der Waals surface area (Å²) >= 11 is 0. The first-order valence-electron chi connectivity index (χ1n) is 21.4. The first-order chi connectivity index (χ1) is 29.4. The monoisotopic (exact) mass is 844 g/mol. The van der Waals surface area contributed by atoms with Crippen molar-refractivity contribution < 1.29 is 44.0 Å². The summed E-state index contributed by atoms with van der Waals surface area (Å²) in [5.41, 5.74) is 11.3. The fourth-order valence-electron chi connectivity index (χ4n) is 10.4. The van der Waals surface area contributed by atoms with Crippen molar-refractivity contribution in [3.63, 3.8) is 0 Å². The Bertz CT molecular complexity index is 2660. The predicted octanol–water partition coefficient (Wildman–Crippen LogP) is 8.91. The Morgan fingerprint density at radius 2 is 1.48 bits per heavy atom. The highest BCUT2D eigenvalue weighted by Gasteiger charge is 2.62. The maximum absolute atomic E-state index is 13.1. The zero-order valence-electron chi connectivity index (χ0n) is 36.5. The molecule has 3 aliphatic heterocycles. The second-order valence-electron chi connectivity index (χ2n) is 17.3. The SMILES string of the molecule is C=CC1=C(C)c2cc3[nH]c(cc4[nH]c(cc5nc(c(CC[C@H]6[C@H](C)CCC7[C@@H](C)C(=O)O[C@H](OC(C)=O)[C@]76O)c1n2)C(C)=C5CCC(=O)O)c(CCC(=O)O)c4C)c(C)c3C=C. The molecule has 0 amide bonds. The Morgan fingerprint density at radius 1 is 0.839 bits per heavy atom. The lowest BCUT2D eigenvalue weighted by molar-refractivity contribution is -0.297. The van der Waals surface area contributed by atoms with E-state index in [2.05, 4.69) is 30.0 Å². The summed E-state index contributed by atoms with van der Waals surface area (Å²) in [5.74, 6) is -4.76. The number of carbonyl (C=O) groups is 4. The summed E-state index contributed by atoms with van der Waals surface area (Å²) in [6, 6.07) is 5.88. The minimum atomic E-state index is -1.68. The smallest absolute Gasteiger partial charge is 0.312 e. The van der Waals surface area contributed by atoms with E-state index in [-0.39, 0.29) is 31.6 Å². The molecule has 3 aromatic rings. The molecule has 0 radical (unpaired) electrons. The number of aryl methyl sites for hydroxylation is 3. The van der Waals surface area contributed by atoms with Gasteiger partial charge in [0.1, 0.15) is 5.60 Å². The molecule has 8 bridgehead atoms. The van der Waals surface area contributed by atoms with Crippen LogP contribution < -0.4 is 0 Å². The Kier molecular flexibility index (Phi) is 12.1. The van der Waals surface area contributed by atoms with Gasteiger partial charge in [0, 0.05) is 64.5 Å². The molecule has 0 aromatic carbocycles. The summed E-state index contributed by atoms with van der Waals surface area (Å²) in [6.07, 6.45) is 4.27. The number of ether oxygens (including phenoxy) is 2. The van der Waals surface area contributed by atoms with Crippen LogP contribution in [0, 0.1) is 37.5 Å². The molecule has 6 heterocycles. The number of fused-ring (bicyclic) bond motifs is 9. The normalized spacial score (nSPS) is 23.5. The second kappa shape index (κ2) is 17.0. The average molecular weight is 845 g/mol. The summed E-state index contributed by atoms with van der Waals surface area (Å²) in [5, 5.41) is 32.5. The van der Waals surface area contributed by atoms with Crippen LogP contribution in [0.5, 0.6) is 0 Å². The van der Waals surface area contributed by atoms with Crippen molar-refractivity contribution in [2.45, 2.75) is 112 Å². The number of carboxylic acid groups (broad SMARTS) is 2. The molecule has 7 rings (SSSR count). The van der Waals surface area contributed by atoms with Gasteiger partial charge in [-0.15, -0.1) is 0 Å². The predicted molar refractivity (Wildman–Crippen MR) is 238 cm³/mol. The highest BCUT2D eigenvalue weighted by Crippen LogP contribution is 2.53. The van der Waals surface area contributed by atoms with Crippen LogP contribution in [0.4, 0.5) is 0 Å². The van der Waals surface area contributed by atoms with Gasteiger partial charge in [0.05, 0.1) is 28.7 Å². The lowest BCUT2D eigenvalue weighted by atomic mass is 9.58. The molecule has 4 aliphatic rings. The molecule has 6 atom stereocenters. The molecular formula is C49H56N4O9. The van der Waals surface area contributed by atoms with Crippen LogP contribution in [0.1, 0.15) is 124 Å². The van der Waals surface area contributed by atoms with Crippen molar-refractivity contribution in [2.24, 2.45) is 23.7 Å². The second-order valence-corrected chi connectivity index (χ2v) is 17.3. The number of rotatable bonds is 12. The van der Waals surface area contributed by atoms with E-state index in [9.17, 15) is 34.5 Å². The highest BCUT2D eigenvalue weighted by atomic mass is 16.7.